The SMILES string of the molecule is COCCN1C[C@@H](Cc2cccc3c(N)ccnc23)CC1=O. The van der Waals surface area contributed by atoms with Gasteiger partial charge in [0.25, 0.3) is 0 Å². The number of aromatic nitrogens is 1. The molecule has 0 spiro atoms. The summed E-state index contributed by atoms with van der Waals surface area (Å²) in [7, 11) is 1.66. The quantitative estimate of drug-likeness (QED) is 0.915. The second-order valence-corrected chi connectivity index (χ2v) is 5.82. The van der Waals surface area contributed by atoms with Gasteiger partial charge in [-0.25, -0.2) is 0 Å². The molecule has 1 fully saturated rings. The number of benzene rings is 1. The normalized spacial score (nSPS) is 18.3. The van der Waals surface area contributed by atoms with Gasteiger partial charge in [0.15, 0.2) is 0 Å². The van der Waals surface area contributed by atoms with E-state index in [1.165, 1.54) is 0 Å². The summed E-state index contributed by atoms with van der Waals surface area (Å²) in [6.07, 6.45) is 3.19. The Kier molecular flexibility index (Phi) is 4.24. The molecule has 1 atom stereocenters. The summed E-state index contributed by atoms with van der Waals surface area (Å²) in [5.74, 6) is 0.549. The van der Waals surface area contributed by atoms with Gasteiger partial charge in [0.05, 0.1) is 12.1 Å². The third-order valence-electron chi connectivity index (χ3n) is 4.26. The highest BCUT2D eigenvalue weighted by molar-refractivity contribution is 5.91. The molecule has 0 aliphatic carbocycles. The van der Waals surface area contributed by atoms with E-state index >= 15 is 0 Å². The van der Waals surface area contributed by atoms with E-state index in [1.807, 2.05) is 23.1 Å². The molecule has 1 aromatic heterocycles. The Bertz CT molecular complexity index is 687. The Morgan fingerprint density at radius 2 is 2.27 bits per heavy atom. The number of anilines is 1. The number of methoxy groups -OCH3 is 1. The molecule has 22 heavy (non-hydrogen) atoms. The van der Waals surface area contributed by atoms with Crippen LogP contribution in [-0.4, -0.2) is 42.6 Å². The van der Waals surface area contributed by atoms with E-state index in [0.29, 0.717) is 25.5 Å². The van der Waals surface area contributed by atoms with E-state index in [9.17, 15) is 4.79 Å². The van der Waals surface area contributed by atoms with E-state index < -0.39 is 0 Å². The van der Waals surface area contributed by atoms with Crippen molar-refractivity contribution in [1.82, 2.24) is 9.88 Å². The number of rotatable bonds is 5. The Balaban J connectivity index is 1.77. The molecular formula is C17H21N3O2. The van der Waals surface area contributed by atoms with Gasteiger partial charge in [-0.2, -0.15) is 0 Å². The minimum absolute atomic E-state index is 0.217. The lowest BCUT2D eigenvalue weighted by Gasteiger charge is -2.16. The van der Waals surface area contributed by atoms with Gasteiger partial charge in [0.1, 0.15) is 0 Å². The number of hydrogen-bond donors (Lipinski definition) is 1. The van der Waals surface area contributed by atoms with E-state index in [4.69, 9.17) is 10.5 Å². The maximum absolute atomic E-state index is 12.0. The summed E-state index contributed by atoms with van der Waals surface area (Å²) in [6.45, 7) is 2.05. The molecule has 1 saturated heterocycles. The number of ether oxygens (including phenoxy) is 1. The molecule has 0 radical (unpaired) electrons. The first-order valence-corrected chi connectivity index (χ1v) is 7.58. The molecule has 2 aromatic rings. The molecule has 3 rings (SSSR count). The maximum Gasteiger partial charge on any atom is 0.223 e. The molecule has 2 heterocycles. The van der Waals surface area contributed by atoms with Crippen molar-refractivity contribution in [2.24, 2.45) is 5.92 Å². The van der Waals surface area contributed by atoms with Crippen molar-refractivity contribution in [3.05, 3.63) is 36.0 Å². The summed E-state index contributed by atoms with van der Waals surface area (Å²) in [6, 6.07) is 7.90. The molecule has 1 amide bonds. The first-order chi connectivity index (χ1) is 10.7. The molecule has 1 aliphatic heterocycles. The maximum atomic E-state index is 12.0. The molecule has 1 aliphatic rings. The standard InChI is InChI=1S/C17H21N3O2/c1-22-8-7-20-11-12(10-16(20)21)9-13-3-2-4-14-15(18)5-6-19-17(13)14/h2-6,12H,7-11H2,1H3,(H2,18,19)/t12-/m0/s1. The summed E-state index contributed by atoms with van der Waals surface area (Å²) >= 11 is 0. The molecular weight excluding hydrogens is 278 g/mol. The van der Waals surface area contributed by atoms with Gasteiger partial charge in [-0.05, 0) is 24.0 Å². The van der Waals surface area contributed by atoms with Crippen molar-refractivity contribution in [2.75, 3.05) is 32.5 Å². The van der Waals surface area contributed by atoms with Crippen LogP contribution < -0.4 is 5.73 Å². The van der Waals surface area contributed by atoms with Gasteiger partial charge in [-0.3, -0.25) is 9.78 Å². The van der Waals surface area contributed by atoms with Crippen LogP contribution in [0.4, 0.5) is 5.69 Å². The number of nitrogen functional groups attached to an aromatic ring is 1. The molecule has 5 heteroatoms. The third-order valence-corrected chi connectivity index (χ3v) is 4.26. The molecule has 2 N–H and O–H groups in total. The number of likely N-dealkylation sites (tertiary alicyclic amines) is 1. The monoisotopic (exact) mass is 299 g/mol. The summed E-state index contributed by atoms with van der Waals surface area (Å²) < 4.78 is 5.06. The van der Waals surface area contributed by atoms with Crippen LogP contribution in [0.1, 0.15) is 12.0 Å². The number of fused-ring (bicyclic) bond motifs is 1. The van der Waals surface area contributed by atoms with Crippen molar-refractivity contribution < 1.29 is 9.53 Å². The Hall–Kier alpha value is -2.14. The minimum Gasteiger partial charge on any atom is -0.398 e. The summed E-state index contributed by atoms with van der Waals surface area (Å²) in [5.41, 5.74) is 8.87. The average molecular weight is 299 g/mol. The van der Waals surface area contributed by atoms with Gasteiger partial charge in [-0.15, -0.1) is 0 Å². The number of carbonyl (C=O) groups excluding carboxylic acids is 1. The largest absolute Gasteiger partial charge is 0.398 e. The Labute approximate surface area is 130 Å². The van der Waals surface area contributed by atoms with Crippen LogP contribution in [0.3, 0.4) is 0 Å². The smallest absolute Gasteiger partial charge is 0.223 e. The van der Waals surface area contributed by atoms with Crippen molar-refractivity contribution in [1.29, 1.82) is 0 Å². The van der Waals surface area contributed by atoms with Crippen LogP contribution in [0.5, 0.6) is 0 Å². The van der Waals surface area contributed by atoms with E-state index in [1.54, 1.807) is 13.3 Å². The van der Waals surface area contributed by atoms with Crippen LogP contribution in [0.2, 0.25) is 0 Å². The lowest BCUT2D eigenvalue weighted by Crippen LogP contribution is -2.28. The van der Waals surface area contributed by atoms with Crippen molar-refractivity contribution in [2.45, 2.75) is 12.8 Å². The predicted octanol–water partition coefficient (Wildman–Crippen LogP) is 1.85. The van der Waals surface area contributed by atoms with Crippen molar-refractivity contribution in [3.8, 4) is 0 Å². The van der Waals surface area contributed by atoms with Crippen LogP contribution in [0, 0.1) is 5.92 Å². The number of nitrogens with two attached hydrogens (primary N) is 1. The lowest BCUT2D eigenvalue weighted by atomic mass is 9.96. The predicted molar refractivity (Wildman–Crippen MR) is 86.4 cm³/mol. The van der Waals surface area contributed by atoms with Crippen LogP contribution in [0.15, 0.2) is 30.5 Å². The van der Waals surface area contributed by atoms with Gasteiger partial charge < -0.3 is 15.4 Å². The second kappa shape index (κ2) is 6.32. The third kappa shape index (κ3) is 2.90. The number of hydrogen-bond acceptors (Lipinski definition) is 4. The molecule has 1 aromatic carbocycles. The highest BCUT2D eigenvalue weighted by Crippen LogP contribution is 2.27. The van der Waals surface area contributed by atoms with Crippen molar-refractivity contribution in [3.63, 3.8) is 0 Å². The first kappa shape index (κ1) is 14.8. The molecule has 0 bridgehead atoms. The summed E-state index contributed by atoms with van der Waals surface area (Å²) in [5, 5.41) is 0.987. The zero-order valence-electron chi connectivity index (χ0n) is 12.8. The highest BCUT2D eigenvalue weighted by atomic mass is 16.5. The molecule has 0 unspecified atom stereocenters. The van der Waals surface area contributed by atoms with Gasteiger partial charge in [0.2, 0.25) is 5.91 Å². The van der Waals surface area contributed by atoms with Crippen LogP contribution in [-0.2, 0) is 16.0 Å². The molecule has 0 saturated carbocycles. The van der Waals surface area contributed by atoms with Crippen LogP contribution >= 0.6 is 0 Å². The number of nitrogens with zero attached hydrogens (tertiary/aromatic N) is 2. The van der Waals surface area contributed by atoms with E-state index in [0.717, 1.165) is 35.1 Å². The number of pyridine rings is 1. The summed E-state index contributed by atoms with van der Waals surface area (Å²) in [4.78, 5) is 18.4. The van der Waals surface area contributed by atoms with Crippen LogP contribution in [0.25, 0.3) is 10.9 Å². The van der Waals surface area contributed by atoms with Gasteiger partial charge in [-0.1, -0.05) is 18.2 Å². The van der Waals surface area contributed by atoms with Gasteiger partial charge >= 0.3 is 0 Å². The number of carbonyl (C=O) groups is 1. The zero-order chi connectivity index (χ0) is 15.5. The topological polar surface area (TPSA) is 68.5 Å². The average Bonchev–Trinajstić information content (AvgIpc) is 2.86. The highest BCUT2D eigenvalue weighted by Gasteiger charge is 2.29. The Morgan fingerprint density at radius 1 is 1.41 bits per heavy atom. The fraction of sp³-hybridized carbons (Fsp3) is 0.412. The molecule has 5 nitrogen and oxygen atoms in total. The Morgan fingerprint density at radius 3 is 3.09 bits per heavy atom. The minimum atomic E-state index is 0.217. The first-order valence-electron chi connectivity index (χ1n) is 7.58. The fourth-order valence-electron chi connectivity index (χ4n) is 3.14. The lowest BCUT2D eigenvalue weighted by molar-refractivity contribution is -0.128. The van der Waals surface area contributed by atoms with Gasteiger partial charge in [0, 0.05) is 43.9 Å². The van der Waals surface area contributed by atoms with E-state index in [-0.39, 0.29) is 5.91 Å². The van der Waals surface area contributed by atoms with E-state index in [2.05, 4.69) is 11.1 Å². The van der Waals surface area contributed by atoms with Crippen molar-refractivity contribution >= 4 is 22.5 Å². The molecule has 116 valence electrons. The number of amides is 1. The second-order valence-electron chi connectivity index (χ2n) is 5.82. The number of para-hydroxylation sites is 1. The zero-order valence-corrected chi connectivity index (χ0v) is 12.8. The fourth-order valence-corrected chi connectivity index (χ4v) is 3.14.